The molecule has 1 aliphatic rings. The average molecular weight is 311 g/mol. The normalized spacial score (nSPS) is 20.3. The van der Waals surface area contributed by atoms with Crippen LogP contribution in [-0.2, 0) is 14.4 Å². The maximum atomic E-state index is 12.1. The molecule has 1 fully saturated rings. The largest absolute Gasteiger partial charge is 0.481 e. The van der Waals surface area contributed by atoms with Gasteiger partial charge in [0.2, 0.25) is 11.8 Å². The molecule has 1 aromatic rings. The second-order valence-corrected chi connectivity index (χ2v) is 5.40. The quantitative estimate of drug-likeness (QED) is 0.795. The van der Waals surface area contributed by atoms with E-state index in [9.17, 15) is 14.4 Å². The van der Waals surface area contributed by atoms with Crippen molar-refractivity contribution >= 4 is 40.8 Å². The van der Waals surface area contributed by atoms with Crippen molar-refractivity contribution < 1.29 is 19.5 Å². The van der Waals surface area contributed by atoms with Gasteiger partial charge in [0.1, 0.15) is 0 Å². The van der Waals surface area contributed by atoms with E-state index in [2.05, 4.69) is 10.6 Å². The number of rotatable bonds is 4. The topological polar surface area (TPSA) is 95.5 Å². The number of amides is 2. The summed E-state index contributed by atoms with van der Waals surface area (Å²) >= 11 is 6.00. The Labute approximate surface area is 126 Å². The van der Waals surface area contributed by atoms with Crippen LogP contribution in [0.15, 0.2) is 18.2 Å². The molecule has 0 spiro atoms. The summed E-state index contributed by atoms with van der Waals surface area (Å²) in [7, 11) is 0. The number of halogens is 1. The highest BCUT2D eigenvalue weighted by molar-refractivity contribution is 6.33. The minimum Gasteiger partial charge on any atom is -0.481 e. The van der Waals surface area contributed by atoms with Crippen LogP contribution in [0.3, 0.4) is 0 Å². The molecule has 1 aromatic carbocycles. The Morgan fingerprint density at radius 3 is 2.38 bits per heavy atom. The van der Waals surface area contributed by atoms with Crippen molar-refractivity contribution in [1.82, 2.24) is 0 Å². The fourth-order valence-electron chi connectivity index (χ4n) is 2.24. The van der Waals surface area contributed by atoms with Crippen LogP contribution in [0.4, 0.5) is 11.4 Å². The van der Waals surface area contributed by atoms with Crippen molar-refractivity contribution in [1.29, 1.82) is 0 Å². The van der Waals surface area contributed by atoms with Gasteiger partial charge in [0.05, 0.1) is 22.5 Å². The van der Waals surface area contributed by atoms with E-state index in [4.69, 9.17) is 16.7 Å². The number of carboxylic acid groups (broad SMARTS) is 1. The first kappa shape index (κ1) is 15.3. The molecule has 0 heterocycles. The third-order valence-corrected chi connectivity index (χ3v) is 3.80. The lowest BCUT2D eigenvalue weighted by atomic mass is 9.73. The zero-order chi connectivity index (χ0) is 15.6. The van der Waals surface area contributed by atoms with Crippen LogP contribution in [0.1, 0.15) is 19.8 Å². The van der Waals surface area contributed by atoms with E-state index in [1.54, 1.807) is 12.1 Å². The monoisotopic (exact) mass is 310 g/mol. The summed E-state index contributed by atoms with van der Waals surface area (Å²) < 4.78 is 0. The lowest BCUT2D eigenvalue weighted by molar-refractivity contribution is -0.151. The molecule has 1 aliphatic carbocycles. The van der Waals surface area contributed by atoms with Crippen LogP contribution in [0, 0.1) is 11.8 Å². The van der Waals surface area contributed by atoms with Gasteiger partial charge in [-0.3, -0.25) is 14.4 Å². The molecular formula is C14H15ClN2O4. The van der Waals surface area contributed by atoms with E-state index < -0.39 is 17.8 Å². The Morgan fingerprint density at radius 2 is 1.86 bits per heavy atom. The predicted octanol–water partition coefficient (Wildman–Crippen LogP) is 2.35. The number of carboxylic acids is 1. The van der Waals surface area contributed by atoms with Crippen molar-refractivity contribution in [3.63, 3.8) is 0 Å². The molecule has 7 heteroatoms. The maximum Gasteiger partial charge on any atom is 0.307 e. The number of carbonyl (C=O) groups excluding carboxylic acids is 2. The SMILES string of the molecule is CC(=O)Nc1ccc(Cl)c(NC(=O)C2CCC2C(=O)O)c1. The molecule has 0 aromatic heterocycles. The molecule has 0 saturated heterocycles. The first-order valence-corrected chi connectivity index (χ1v) is 6.87. The minimum atomic E-state index is -0.959. The van der Waals surface area contributed by atoms with Gasteiger partial charge in [0.15, 0.2) is 0 Å². The van der Waals surface area contributed by atoms with Crippen LogP contribution in [0.5, 0.6) is 0 Å². The molecule has 21 heavy (non-hydrogen) atoms. The van der Waals surface area contributed by atoms with Crippen molar-refractivity contribution in [2.45, 2.75) is 19.8 Å². The van der Waals surface area contributed by atoms with Crippen molar-refractivity contribution in [2.24, 2.45) is 11.8 Å². The van der Waals surface area contributed by atoms with Crippen LogP contribution in [0.25, 0.3) is 0 Å². The second-order valence-electron chi connectivity index (χ2n) is 4.99. The molecule has 1 saturated carbocycles. The second kappa shape index (κ2) is 6.13. The number of aliphatic carboxylic acids is 1. The smallest absolute Gasteiger partial charge is 0.307 e. The van der Waals surface area contributed by atoms with Gasteiger partial charge in [0.25, 0.3) is 0 Å². The van der Waals surface area contributed by atoms with Crippen molar-refractivity contribution in [3.8, 4) is 0 Å². The standard InChI is InChI=1S/C14H15ClN2O4/c1-7(18)16-8-2-5-11(15)12(6-8)17-13(19)9-3-4-10(9)14(20)21/h2,5-6,9-10H,3-4H2,1H3,(H,16,18)(H,17,19)(H,20,21). The summed E-state index contributed by atoms with van der Waals surface area (Å²) in [4.78, 5) is 34.0. The van der Waals surface area contributed by atoms with E-state index in [1.165, 1.54) is 13.0 Å². The Bertz CT molecular complexity index is 603. The van der Waals surface area contributed by atoms with Crippen LogP contribution < -0.4 is 10.6 Å². The van der Waals surface area contributed by atoms with Gasteiger partial charge >= 0.3 is 5.97 Å². The molecule has 2 rings (SSSR count). The Morgan fingerprint density at radius 1 is 1.19 bits per heavy atom. The molecule has 2 atom stereocenters. The minimum absolute atomic E-state index is 0.237. The van der Waals surface area contributed by atoms with Gasteiger partial charge in [0, 0.05) is 12.6 Å². The molecule has 112 valence electrons. The Hall–Kier alpha value is -2.08. The van der Waals surface area contributed by atoms with Crippen LogP contribution in [-0.4, -0.2) is 22.9 Å². The van der Waals surface area contributed by atoms with E-state index in [0.29, 0.717) is 29.2 Å². The predicted molar refractivity (Wildman–Crippen MR) is 78.2 cm³/mol. The summed E-state index contributed by atoms with van der Waals surface area (Å²) in [5, 5.41) is 14.5. The molecule has 3 N–H and O–H groups in total. The molecule has 6 nitrogen and oxygen atoms in total. The highest BCUT2D eigenvalue weighted by Crippen LogP contribution is 2.36. The zero-order valence-corrected chi connectivity index (χ0v) is 12.1. The fourth-order valence-corrected chi connectivity index (χ4v) is 2.40. The van der Waals surface area contributed by atoms with E-state index in [0.717, 1.165) is 0 Å². The molecule has 0 aliphatic heterocycles. The highest BCUT2D eigenvalue weighted by Gasteiger charge is 2.41. The van der Waals surface area contributed by atoms with Gasteiger partial charge in [-0.05, 0) is 31.0 Å². The Kier molecular flexibility index (Phi) is 4.47. The van der Waals surface area contributed by atoms with Crippen molar-refractivity contribution in [2.75, 3.05) is 10.6 Å². The number of carbonyl (C=O) groups is 3. The number of anilines is 2. The van der Waals surface area contributed by atoms with E-state index >= 15 is 0 Å². The highest BCUT2D eigenvalue weighted by atomic mass is 35.5. The van der Waals surface area contributed by atoms with Crippen molar-refractivity contribution in [3.05, 3.63) is 23.2 Å². The third kappa shape index (κ3) is 3.52. The third-order valence-electron chi connectivity index (χ3n) is 3.47. The number of hydrogen-bond acceptors (Lipinski definition) is 3. The number of benzene rings is 1. The van der Waals surface area contributed by atoms with Gasteiger partial charge < -0.3 is 15.7 Å². The average Bonchev–Trinajstić information content (AvgIpc) is 2.30. The summed E-state index contributed by atoms with van der Waals surface area (Å²) in [5.74, 6) is -2.74. The van der Waals surface area contributed by atoms with Gasteiger partial charge in [-0.1, -0.05) is 11.6 Å². The maximum absolute atomic E-state index is 12.1. The van der Waals surface area contributed by atoms with Gasteiger partial charge in [-0.15, -0.1) is 0 Å². The lowest BCUT2D eigenvalue weighted by Crippen LogP contribution is -2.41. The zero-order valence-electron chi connectivity index (χ0n) is 11.4. The Balaban J connectivity index is 2.10. The molecular weight excluding hydrogens is 296 g/mol. The van der Waals surface area contributed by atoms with Gasteiger partial charge in [-0.25, -0.2) is 0 Å². The molecule has 2 unspecified atom stereocenters. The lowest BCUT2D eigenvalue weighted by Gasteiger charge is -2.32. The first-order valence-electron chi connectivity index (χ1n) is 6.49. The molecule has 2 amide bonds. The van der Waals surface area contributed by atoms with Crippen LogP contribution in [0.2, 0.25) is 5.02 Å². The van der Waals surface area contributed by atoms with E-state index in [-0.39, 0.29) is 11.8 Å². The molecule has 0 bridgehead atoms. The summed E-state index contributed by atoms with van der Waals surface area (Å²) in [6.45, 7) is 1.37. The van der Waals surface area contributed by atoms with E-state index in [1.807, 2.05) is 0 Å². The first-order chi connectivity index (χ1) is 9.88. The number of nitrogens with one attached hydrogen (secondary N) is 2. The number of hydrogen-bond donors (Lipinski definition) is 3. The van der Waals surface area contributed by atoms with Crippen LogP contribution >= 0.6 is 11.6 Å². The summed E-state index contributed by atoms with van der Waals surface area (Å²) in [6.07, 6.45) is 1.05. The summed E-state index contributed by atoms with van der Waals surface area (Å²) in [5.41, 5.74) is 0.856. The van der Waals surface area contributed by atoms with Gasteiger partial charge in [-0.2, -0.15) is 0 Å². The fraction of sp³-hybridized carbons (Fsp3) is 0.357. The summed E-state index contributed by atoms with van der Waals surface area (Å²) in [6, 6.07) is 4.71. The molecule has 0 radical (unpaired) electrons.